The maximum atomic E-state index is 12.3. The van der Waals surface area contributed by atoms with Gasteiger partial charge in [-0.25, -0.2) is 13.1 Å². The van der Waals surface area contributed by atoms with Crippen LogP contribution >= 0.6 is 15.9 Å². The molecule has 2 N–H and O–H groups in total. The van der Waals surface area contributed by atoms with Gasteiger partial charge < -0.3 is 5.32 Å². The molecule has 25 heavy (non-hydrogen) atoms. The van der Waals surface area contributed by atoms with Crippen molar-refractivity contribution in [1.29, 1.82) is 0 Å². The zero-order valence-electron chi connectivity index (χ0n) is 13.7. The van der Waals surface area contributed by atoms with E-state index in [2.05, 4.69) is 32.5 Å². The highest BCUT2D eigenvalue weighted by Gasteiger charge is 2.15. The van der Waals surface area contributed by atoms with Gasteiger partial charge in [0.15, 0.2) is 0 Å². The first-order valence-electron chi connectivity index (χ1n) is 7.60. The van der Waals surface area contributed by atoms with Crippen molar-refractivity contribution in [1.82, 2.24) is 10.0 Å². The SMILES string of the molecule is C=CCNS(=O)(=O)c1ccc(C(=O)NC(C)c2ccc(Br)cc2)cc1. The summed E-state index contributed by atoms with van der Waals surface area (Å²) < 4.78 is 27.3. The van der Waals surface area contributed by atoms with E-state index in [1.807, 2.05) is 31.2 Å². The number of hydrogen-bond donors (Lipinski definition) is 2. The Balaban J connectivity index is 2.07. The summed E-state index contributed by atoms with van der Waals surface area (Å²) >= 11 is 3.37. The average Bonchev–Trinajstić information content (AvgIpc) is 2.60. The van der Waals surface area contributed by atoms with Crippen LogP contribution in [0.2, 0.25) is 0 Å². The number of rotatable bonds is 7. The molecule has 0 spiro atoms. The van der Waals surface area contributed by atoms with Gasteiger partial charge in [-0.1, -0.05) is 34.1 Å². The van der Waals surface area contributed by atoms with Crippen LogP contribution in [-0.2, 0) is 10.0 Å². The van der Waals surface area contributed by atoms with Crippen molar-refractivity contribution >= 4 is 31.9 Å². The second-order valence-corrected chi connectivity index (χ2v) is 8.09. The minimum atomic E-state index is -3.59. The van der Waals surface area contributed by atoms with Gasteiger partial charge in [0.25, 0.3) is 5.91 Å². The molecular weight excluding hydrogens is 404 g/mol. The van der Waals surface area contributed by atoms with Gasteiger partial charge in [0.05, 0.1) is 10.9 Å². The first-order chi connectivity index (χ1) is 11.8. The van der Waals surface area contributed by atoms with Crippen molar-refractivity contribution < 1.29 is 13.2 Å². The average molecular weight is 423 g/mol. The standard InChI is InChI=1S/C18H19BrN2O3S/c1-3-12-20-25(23,24)17-10-6-15(7-11-17)18(22)21-13(2)14-4-8-16(19)9-5-14/h3-11,13,20H,1,12H2,2H3,(H,21,22). The van der Waals surface area contributed by atoms with Crippen LogP contribution in [0.15, 0.2) is 70.6 Å². The summed E-state index contributed by atoms with van der Waals surface area (Å²) in [6.07, 6.45) is 1.46. The van der Waals surface area contributed by atoms with Gasteiger partial charge in [-0.3, -0.25) is 4.79 Å². The van der Waals surface area contributed by atoms with Crippen LogP contribution in [0.3, 0.4) is 0 Å². The summed E-state index contributed by atoms with van der Waals surface area (Å²) in [5.74, 6) is -0.265. The summed E-state index contributed by atoms with van der Waals surface area (Å²) in [7, 11) is -3.59. The number of hydrogen-bond acceptors (Lipinski definition) is 3. The Bertz CT molecular complexity index is 847. The lowest BCUT2D eigenvalue weighted by Gasteiger charge is -2.14. The van der Waals surface area contributed by atoms with Crippen molar-refractivity contribution in [2.75, 3.05) is 6.54 Å². The third kappa shape index (κ3) is 5.26. The Morgan fingerprint density at radius 3 is 2.32 bits per heavy atom. The van der Waals surface area contributed by atoms with Crippen molar-refractivity contribution in [3.8, 4) is 0 Å². The molecule has 0 bridgehead atoms. The highest BCUT2D eigenvalue weighted by atomic mass is 79.9. The molecule has 0 aliphatic heterocycles. The van der Waals surface area contributed by atoms with E-state index >= 15 is 0 Å². The molecule has 0 radical (unpaired) electrons. The van der Waals surface area contributed by atoms with E-state index < -0.39 is 10.0 Å². The molecule has 0 aliphatic rings. The lowest BCUT2D eigenvalue weighted by atomic mass is 10.1. The Labute approximate surface area is 156 Å². The quantitative estimate of drug-likeness (QED) is 0.671. The highest BCUT2D eigenvalue weighted by molar-refractivity contribution is 9.10. The van der Waals surface area contributed by atoms with E-state index in [-0.39, 0.29) is 23.4 Å². The summed E-state index contributed by atoms with van der Waals surface area (Å²) in [4.78, 5) is 12.4. The zero-order chi connectivity index (χ0) is 18.4. The molecule has 0 heterocycles. The van der Waals surface area contributed by atoms with Gasteiger partial charge in [-0.05, 0) is 48.9 Å². The maximum Gasteiger partial charge on any atom is 0.251 e. The minimum absolute atomic E-state index is 0.104. The third-order valence-corrected chi connectivity index (χ3v) is 5.53. The predicted octanol–water partition coefficient (Wildman–Crippen LogP) is 3.40. The molecule has 0 saturated carbocycles. The number of amides is 1. The Morgan fingerprint density at radius 2 is 1.76 bits per heavy atom. The maximum absolute atomic E-state index is 12.3. The highest BCUT2D eigenvalue weighted by Crippen LogP contribution is 2.17. The van der Waals surface area contributed by atoms with E-state index in [0.29, 0.717) is 5.56 Å². The van der Waals surface area contributed by atoms with Crippen LogP contribution < -0.4 is 10.0 Å². The Hall–Kier alpha value is -1.96. The molecule has 132 valence electrons. The van der Waals surface area contributed by atoms with Gasteiger partial charge in [-0.15, -0.1) is 6.58 Å². The number of halogens is 1. The number of carbonyl (C=O) groups is 1. The van der Waals surface area contributed by atoms with E-state index in [9.17, 15) is 13.2 Å². The summed E-state index contributed by atoms with van der Waals surface area (Å²) in [6.45, 7) is 5.51. The van der Waals surface area contributed by atoms with E-state index in [4.69, 9.17) is 0 Å². The van der Waals surface area contributed by atoms with Crippen molar-refractivity contribution in [3.05, 3.63) is 76.8 Å². The van der Waals surface area contributed by atoms with E-state index in [0.717, 1.165) is 10.0 Å². The topological polar surface area (TPSA) is 75.3 Å². The van der Waals surface area contributed by atoms with Gasteiger partial charge in [0, 0.05) is 16.6 Å². The van der Waals surface area contributed by atoms with Crippen LogP contribution in [0.25, 0.3) is 0 Å². The largest absolute Gasteiger partial charge is 0.346 e. The summed E-state index contributed by atoms with van der Waals surface area (Å²) in [5.41, 5.74) is 1.37. The number of nitrogens with one attached hydrogen (secondary N) is 2. The predicted molar refractivity (Wildman–Crippen MR) is 102 cm³/mol. The molecular formula is C18H19BrN2O3S. The van der Waals surface area contributed by atoms with Crippen molar-refractivity contribution in [3.63, 3.8) is 0 Å². The van der Waals surface area contributed by atoms with Crippen LogP contribution in [-0.4, -0.2) is 20.9 Å². The van der Waals surface area contributed by atoms with Crippen LogP contribution in [0.1, 0.15) is 28.9 Å². The van der Waals surface area contributed by atoms with Crippen LogP contribution in [0.5, 0.6) is 0 Å². The molecule has 0 fully saturated rings. The van der Waals surface area contributed by atoms with Crippen molar-refractivity contribution in [2.45, 2.75) is 17.9 Å². The van der Waals surface area contributed by atoms with Gasteiger partial charge >= 0.3 is 0 Å². The lowest BCUT2D eigenvalue weighted by molar-refractivity contribution is 0.0940. The normalized spacial score (nSPS) is 12.4. The first-order valence-corrected chi connectivity index (χ1v) is 9.88. The van der Waals surface area contributed by atoms with Crippen LogP contribution in [0.4, 0.5) is 0 Å². The number of sulfonamides is 1. The van der Waals surface area contributed by atoms with E-state index in [1.165, 1.54) is 30.3 Å². The fourth-order valence-corrected chi connectivity index (χ4v) is 3.41. The molecule has 1 unspecified atom stereocenters. The first kappa shape index (κ1) is 19.4. The van der Waals surface area contributed by atoms with Gasteiger partial charge in [-0.2, -0.15) is 0 Å². The smallest absolute Gasteiger partial charge is 0.251 e. The summed E-state index contributed by atoms with van der Waals surface area (Å²) in [5, 5.41) is 2.89. The Morgan fingerprint density at radius 1 is 1.16 bits per heavy atom. The monoisotopic (exact) mass is 422 g/mol. The van der Waals surface area contributed by atoms with E-state index in [1.54, 1.807) is 0 Å². The molecule has 2 aromatic carbocycles. The summed E-state index contributed by atoms with van der Waals surface area (Å²) in [6, 6.07) is 13.3. The molecule has 0 saturated heterocycles. The fourth-order valence-electron chi connectivity index (χ4n) is 2.15. The number of benzene rings is 2. The Kier molecular flexibility index (Phi) is 6.52. The van der Waals surface area contributed by atoms with Crippen molar-refractivity contribution in [2.24, 2.45) is 0 Å². The molecule has 0 aliphatic carbocycles. The molecule has 1 atom stereocenters. The van der Waals surface area contributed by atoms with Gasteiger partial charge in [0.2, 0.25) is 10.0 Å². The lowest BCUT2D eigenvalue weighted by Crippen LogP contribution is -2.27. The van der Waals surface area contributed by atoms with Gasteiger partial charge in [0.1, 0.15) is 0 Å². The molecule has 7 heteroatoms. The minimum Gasteiger partial charge on any atom is -0.346 e. The number of carbonyl (C=O) groups excluding carboxylic acids is 1. The molecule has 2 aromatic rings. The molecule has 2 rings (SSSR count). The second-order valence-electron chi connectivity index (χ2n) is 5.41. The molecule has 1 amide bonds. The zero-order valence-corrected chi connectivity index (χ0v) is 16.1. The van der Waals surface area contributed by atoms with Crippen LogP contribution in [0, 0.1) is 0 Å². The third-order valence-electron chi connectivity index (χ3n) is 3.56. The second kappa shape index (κ2) is 8.42. The molecule has 5 nitrogen and oxygen atoms in total. The fraction of sp³-hybridized carbons (Fsp3) is 0.167. The molecule has 0 aromatic heterocycles.